The fourth-order valence-corrected chi connectivity index (χ4v) is 4.04. The van der Waals surface area contributed by atoms with Crippen LogP contribution in [-0.4, -0.2) is 50.9 Å². The van der Waals surface area contributed by atoms with Gasteiger partial charge in [0.2, 0.25) is 11.8 Å². The summed E-state index contributed by atoms with van der Waals surface area (Å²) in [6, 6.07) is 5.33. The van der Waals surface area contributed by atoms with Crippen LogP contribution >= 0.6 is 12.4 Å². The highest BCUT2D eigenvalue weighted by molar-refractivity contribution is 7.92. The smallest absolute Gasteiger partial charge is 0.243 e. The van der Waals surface area contributed by atoms with Crippen LogP contribution in [0.4, 0.5) is 10.1 Å². The van der Waals surface area contributed by atoms with Crippen molar-refractivity contribution in [3.05, 3.63) is 30.1 Å². The standard InChI is InChI=1S/C15H20FN3O4S.ClH/c1-24(22,23)15(5-7-17-8-6-15)14(21)18-10-13(20)19-12-4-2-3-11(16)9-12;/h2-4,9,17H,5-8,10H2,1H3,(H,18,21)(H,19,20);1H. The van der Waals surface area contributed by atoms with Crippen LogP contribution in [-0.2, 0) is 19.4 Å². The van der Waals surface area contributed by atoms with Gasteiger partial charge in [0.25, 0.3) is 0 Å². The zero-order valence-electron chi connectivity index (χ0n) is 13.7. The molecule has 0 spiro atoms. The molecule has 1 aliphatic heterocycles. The van der Waals surface area contributed by atoms with Gasteiger partial charge in [0.15, 0.2) is 14.6 Å². The van der Waals surface area contributed by atoms with Gasteiger partial charge in [-0.15, -0.1) is 12.4 Å². The van der Waals surface area contributed by atoms with Gasteiger partial charge in [0.1, 0.15) is 5.82 Å². The number of amides is 2. The summed E-state index contributed by atoms with van der Waals surface area (Å²) in [6.45, 7) is 0.437. The lowest BCUT2D eigenvalue weighted by molar-refractivity contribution is -0.126. The summed E-state index contributed by atoms with van der Waals surface area (Å²) >= 11 is 0. The Labute approximate surface area is 152 Å². The fourth-order valence-electron chi connectivity index (χ4n) is 2.69. The molecule has 0 saturated carbocycles. The zero-order chi connectivity index (χ0) is 17.8. The molecule has 3 N–H and O–H groups in total. The molecule has 1 saturated heterocycles. The molecule has 10 heteroatoms. The third kappa shape index (κ3) is 5.13. The normalized spacial score (nSPS) is 16.4. The van der Waals surface area contributed by atoms with Crippen molar-refractivity contribution in [3.8, 4) is 0 Å². The van der Waals surface area contributed by atoms with E-state index in [0.717, 1.165) is 12.3 Å². The maximum absolute atomic E-state index is 13.1. The van der Waals surface area contributed by atoms with Crippen molar-refractivity contribution in [2.75, 3.05) is 31.2 Å². The quantitative estimate of drug-likeness (QED) is 0.674. The van der Waals surface area contributed by atoms with E-state index in [1.54, 1.807) is 0 Å². The Hall–Kier alpha value is -1.71. The van der Waals surface area contributed by atoms with Crippen LogP contribution in [0.5, 0.6) is 0 Å². The van der Waals surface area contributed by atoms with Gasteiger partial charge in [-0.2, -0.15) is 0 Å². The summed E-state index contributed by atoms with van der Waals surface area (Å²) in [4.78, 5) is 24.3. The molecule has 0 bridgehead atoms. The molecule has 2 rings (SSSR count). The van der Waals surface area contributed by atoms with E-state index >= 15 is 0 Å². The number of carbonyl (C=O) groups is 2. The number of rotatable bonds is 5. The van der Waals surface area contributed by atoms with Crippen LogP contribution in [0, 0.1) is 5.82 Å². The summed E-state index contributed by atoms with van der Waals surface area (Å²) in [7, 11) is -3.63. The van der Waals surface area contributed by atoms with Crippen molar-refractivity contribution in [1.29, 1.82) is 0 Å². The monoisotopic (exact) mass is 393 g/mol. The average molecular weight is 394 g/mol. The van der Waals surface area contributed by atoms with Crippen molar-refractivity contribution in [1.82, 2.24) is 10.6 Å². The maximum Gasteiger partial charge on any atom is 0.243 e. The highest BCUT2D eigenvalue weighted by Crippen LogP contribution is 2.27. The molecule has 0 aliphatic carbocycles. The van der Waals surface area contributed by atoms with Gasteiger partial charge in [-0.3, -0.25) is 9.59 Å². The summed E-state index contributed by atoms with van der Waals surface area (Å²) < 4.78 is 35.7. The van der Waals surface area contributed by atoms with Crippen molar-refractivity contribution in [2.24, 2.45) is 0 Å². The molecular formula is C15H21ClFN3O4S. The summed E-state index contributed by atoms with van der Waals surface area (Å²) in [5.41, 5.74) is 0.258. The number of hydrogen-bond donors (Lipinski definition) is 3. The van der Waals surface area contributed by atoms with Crippen molar-refractivity contribution < 1.29 is 22.4 Å². The fraction of sp³-hybridized carbons (Fsp3) is 0.467. The predicted molar refractivity (Wildman–Crippen MR) is 95.0 cm³/mol. The number of carbonyl (C=O) groups excluding carboxylic acids is 2. The highest BCUT2D eigenvalue weighted by Gasteiger charge is 2.48. The average Bonchev–Trinajstić information content (AvgIpc) is 2.52. The molecule has 7 nitrogen and oxygen atoms in total. The molecule has 0 radical (unpaired) electrons. The van der Waals surface area contributed by atoms with E-state index in [1.807, 2.05) is 0 Å². The van der Waals surface area contributed by atoms with Crippen molar-refractivity contribution in [2.45, 2.75) is 17.6 Å². The Morgan fingerprint density at radius 2 is 1.92 bits per heavy atom. The largest absolute Gasteiger partial charge is 0.346 e. The first kappa shape index (κ1) is 21.3. The van der Waals surface area contributed by atoms with Crippen LogP contribution in [0.3, 0.4) is 0 Å². The van der Waals surface area contributed by atoms with Gasteiger partial charge in [0, 0.05) is 11.9 Å². The van der Waals surface area contributed by atoms with Gasteiger partial charge in [0.05, 0.1) is 6.54 Å². The van der Waals surface area contributed by atoms with E-state index in [1.165, 1.54) is 18.2 Å². The topological polar surface area (TPSA) is 104 Å². The Morgan fingerprint density at radius 1 is 1.28 bits per heavy atom. The van der Waals surface area contributed by atoms with Gasteiger partial charge in [-0.25, -0.2) is 12.8 Å². The molecule has 140 valence electrons. The first-order chi connectivity index (χ1) is 11.2. The summed E-state index contributed by atoms with van der Waals surface area (Å²) in [5, 5.41) is 7.83. The van der Waals surface area contributed by atoms with E-state index in [-0.39, 0.29) is 37.5 Å². The molecule has 25 heavy (non-hydrogen) atoms. The zero-order valence-corrected chi connectivity index (χ0v) is 15.3. The number of nitrogens with one attached hydrogen (secondary N) is 3. The third-order valence-electron chi connectivity index (χ3n) is 4.05. The van der Waals surface area contributed by atoms with Crippen LogP contribution < -0.4 is 16.0 Å². The van der Waals surface area contributed by atoms with E-state index < -0.39 is 32.2 Å². The summed E-state index contributed by atoms with van der Waals surface area (Å²) in [6.07, 6.45) is 1.34. The minimum atomic E-state index is -3.63. The van der Waals surface area contributed by atoms with Gasteiger partial charge in [-0.05, 0) is 44.1 Å². The molecule has 0 atom stereocenters. The van der Waals surface area contributed by atoms with E-state index in [0.29, 0.717) is 13.1 Å². The number of benzene rings is 1. The maximum atomic E-state index is 13.1. The highest BCUT2D eigenvalue weighted by atomic mass is 35.5. The Morgan fingerprint density at radius 3 is 2.48 bits per heavy atom. The van der Waals surface area contributed by atoms with Crippen molar-refractivity contribution in [3.63, 3.8) is 0 Å². The molecule has 1 aromatic rings. The third-order valence-corrected chi connectivity index (χ3v) is 6.07. The van der Waals surface area contributed by atoms with Gasteiger partial charge in [-0.1, -0.05) is 6.07 Å². The Balaban J connectivity index is 0.00000312. The number of anilines is 1. The molecule has 2 amide bonds. The second-order valence-electron chi connectivity index (χ2n) is 5.76. The van der Waals surface area contributed by atoms with E-state index in [4.69, 9.17) is 0 Å². The molecule has 0 unspecified atom stereocenters. The first-order valence-electron chi connectivity index (χ1n) is 7.49. The molecule has 0 aromatic heterocycles. The number of halogens is 2. The molecule has 1 fully saturated rings. The predicted octanol–water partition coefficient (Wildman–Crippen LogP) is 0.469. The van der Waals surface area contributed by atoms with Crippen LogP contribution in [0.1, 0.15) is 12.8 Å². The first-order valence-corrected chi connectivity index (χ1v) is 9.38. The molecule has 1 heterocycles. The Kier molecular flexibility index (Phi) is 7.33. The lowest BCUT2D eigenvalue weighted by Crippen LogP contribution is -2.58. The lowest BCUT2D eigenvalue weighted by atomic mass is 9.96. The lowest BCUT2D eigenvalue weighted by Gasteiger charge is -2.34. The SMILES string of the molecule is CS(=O)(=O)C1(C(=O)NCC(=O)Nc2cccc(F)c2)CCNCC1.Cl. The summed E-state index contributed by atoms with van der Waals surface area (Å²) in [5.74, 6) is -1.74. The molecular weight excluding hydrogens is 373 g/mol. The van der Waals surface area contributed by atoms with Crippen molar-refractivity contribution >= 4 is 39.7 Å². The molecule has 1 aliphatic rings. The van der Waals surface area contributed by atoms with Crippen LogP contribution in [0.15, 0.2) is 24.3 Å². The minimum Gasteiger partial charge on any atom is -0.346 e. The number of piperidine rings is 1. The van der Waals surface area contributed by atoms with E-state index in [2.05, 4.69) is 16.0 Å². The van der Waals surface area contributed by atoms with Crippen LogP contribution in [0.25, 0.3) is 0 Å². The van der Waals surface area contributed by atoms with E-state index in [9.17, 15) is 22.4 Å². The number of hydrogen-bond acceptors (Lipinski definition) is 5. The molecule has 1 aromatic carbocycles. The van der Waals surface area contributed by atoms with Crippen LogP contribution in [0.2, 0.25) is 0 Å². The number of sulfone groups is 1. The second kappa shape index (κ2) is 8.59. The van der Waals surface area contributed by atoms with Gasteiger partial charge < -0.3 is 16.0 Å². The second-order valence-corrected chi connectivity index (χ2v) is 8.08. The van der Waals surface area contributed by atoms with Gasteiger partial charge >= 0.3 is 0 Å². The minimum absolute atomic E-state index is 0. The Bertz CT molecular complexity index is 736.